The second-order valence-electron chi connectivity index (χ2n) is 4.32. The summed E-state index contributed by atoms with van der Waals surface area (Å²) in [4.78, 5) is 1.29. The van der Waals surface area contributed by atoms with E-state index in [4.69, 9.17) is 10.5 Å². The zero-order valence-electron chi connectivity index (χ0n) is 10.7. The van der Waals surface area contributed by atoms with Crippen LogP contribution in [0.1, 0.15) is 50.2 Å². The molecule has 92 valence electrons. The van der Waals surface area contributed by atoms with Crippen LogP contribution in [0.5, 0.6) is 0 Å². The van der Waals surface area contributed by atoms with Gasteiger partial charge in [-0.25, -0.2) is 0 Å². The molecule has 0 bridgehead atoms. The Morgan fingerprint density at radius 2 is 2.06 bits per heavy atom. The minimum absolute atomic E-state index is 0.0555. The van der Waals surface area contributed by atoms with Crippen LogP contribution in [0, 0.1) is 6.92 Å². The van der Waals surface area contributed by atoms with E-state index in [0.29, 0.717) is 0 Å². The summed E-state index contributed by atoms with van der Waals surface area (Å²) >= 11 is 1.75. The highest BCUT2D eigenvalue weighted by Crippen LogP contribution is 2.31. The van der Waals surface area contributed by atoms with Crippen LogP contribution >= 0.6 is 11.3 Å². The van der Waals surface area contributed by atoms with E-state index in [0.717, 1.165) is 12.8 Å². The Labute approximate surface area is 103 Å². The van der Waals surface area contributed by atoms with Crippen LogP contribution in [0.15, 0.2) is 11.4 Å². The first kappa shape index (κ1) is 13.7. The fourth-order valence-corrected chi connectivity index (χ4v) is 2.63. The Balaban J connectivity index is 2.83. The summed E-state index contributed by atoms with van der Waals surface area (Å²) < 4.78 is 6.06. The Hall–Kier alpha value is -0.380. The molecule has 1 rings (SSSR count). The van der Waals surface area contributed by atoms with E-state index in [1.165, 1.54) is 10.4 Å². The van der Waals surface area contributed by atoms with Crippen LogP contribution in [0.2, 0.25) is 0 Å². The Kier molecular flexibility index (Phi) is 5.46. The van der Waals surface area contributed by atoms with Gasteiger partial charge in [0.2, 0.25) is 0 Å². The molecule has 0 fully saturated rings. The van der Waals surface area contributed by atoms with Crippen molar-refractivity contribution in [3.05, 3.63) is 21.9 Å². The lowest BCUT2D eigenvalue weighted by atomic mass is 10.0. The van der Waals surface area contributed by atoms with Crippen molar-refractivity contribution in [1.29, 1.82) is 0 Å². The molecule has 0 spiro atoms. The summed E-state index contributed by atoms with van der Waals surface area (Å²) in [7, 11) is 0. The van der Waals surface area contributed by atoms with Gasteiger partial charge in [-0.2, -0.15) is 0 Å². The van der Waals surface area contributed by atoms with Gasteiger partial charge in [0.1, 0.15) is 6.10 Å². The van der Waals surface area contributed by atoms with Crippen LogP contribution in [0.25, 0.3) is 0 Å². The number of aryl methyl sites for hydroxylation is 1. The molecule has 3 atom stereocenters. The van der Waals surface area contributed by atoms with E-state index in [2.05, 4.69) is 39.1 Å². The van der Waals surface area contributed by atoms with Crippen LogP contribution in [-0.2, 0) is 4.74 Å². The summed E-state index contributed by atoms with van der Waals surface area (Å²) in [5.41, 5.74) is 7.46. The molecule has 16 heavy (non-hydrogen) atoms. The monoisotopic (exact) mass is 241 g/mol. The van der Waals surface area contributed by atoms with Gasteiger partial charge in [-0.05, 0) is 43.7 Å². The Morgan fingerprint density at radius 3 is 2.50 bits per heavy atom. The zero-order chi connectivity index (χ0) is 12.1. The van der Waals surface area contributed by atoms with Crippen LogP contribution < -0.4 is 5.73 Å². The van der Waals surface area contributed by atoms with Gasteiger partial charge < -0.3 is 10.5 Å². The van der Waals surface area contributed by atoms with E-state index in [1.807, 2.05) is 0 Å². The highest BCUT2D eigenvalue weighted by molar-refractivity contribution is 7.10. The second-order valence-corrected chi connectivity index (χ2v) is 5.26. The van der Waals surface area contributed by atoms with Gasteiger partial charge in [0, 0.05) is 10.9 Å². The first-order valence-electron chi connectivity index (χ1n) is 6.05. The van der Waals surface area contributed by atoms with Crippen LogP contribution in [-0.4, -0.2) is 12.1 Å². The predicted molar refractivity (Wildman–Crippen MR) is 70.9 cm³/mol. The van der Waals surface area contributed by atoms with Gasteiger partial charge >= 0.3 is 0 Å². The molecule has 0 saturated heterocycles. The number of hydrogen-bond acceptors (Lipinski definition) is 3. The van der Waals surface area contributed by atoms with Gasteiger partial charge in [-0.15, -0.1) is 11.3 Å². The van der Waals surface area contributed by atoms with Crippen molar-refractivity contribution in [2.24, 2.45) is 5.73 Å². The molecule has 0 aliphatic heterocycles. The lowest BCUT2D eigenvalue weighted by Gasteiger charge is -2.26. The van der Waals surface area contributed by atoms with Gasteiger partial charge in [0.15, 0.2) is 0 Å². The van der Waals surface area contributed by atoms with E-state index >= 15 is 0 Å². The number of ether oxygens (including phenoxy) is 1. The number of hydrogen-bond donors (Lipinski definition) is 1. The molecular formula is C13H23NOS. The average molecular weight is 241 g/mol. The molecule has 1 heterocycles. The van der Waals surface area contributed by atoms with Crippen molar-refractivity contribution in [3.63, 3.8) is 0 Å². The minimum Gasteiger partial charge on any atom is -0.368 e. The summed E-state index contributed by atoms with van der Waals surface area (Å²) in [6.07, 6.45) is 2.29. The van der Waals surface area contributed by atoms with Crippen molar-refractivity contribution >= 4 is 11.3 Å². The third-order valence-electron chi connectivity index (χ3n) is 2.97. The largest absolute Gasteiger partial charge is 0.368 e. The molecule has 0 radical (unpaired) electrons. The normalized spacial score (nSPS) is 17.1. The third-order valence-corrected chi connectivity index (χ3v) is 4.05. The maximum atomic E-state index is 6.16. The minimum atomic E-state index is 0.0555. The molecule has 3 heteroatoms. The summed E-state index contributed by atoms with van der Waals surface area (Å²) in [5.74, 6) is 0. The van der Waals surface area contributed by atoms with Crippen molar-refractivity contribution < 1.29 is 4.74 Å². The molecule has 0 aliphatic rings. The zero-order valence-corrected chi connectivity index (χ0v) is 11.5. The fourth-order valence-electron chi connectivity index (χ4n) is 1.59. The molecule has 2 N–H and O–H groups in total. The molecule has 0 aromatic carbocycles. The maximum absolute atomic E-state index is 6.16. The van der Waals surface area contributed by atoms with Crippen LogP contribution in [0.3, 0.4) is 0 Å². The average Bonchev–Trinajstić information content (AvgIpc) is 2.70. The first-order valence-corrected chi connectivity index (χ1v) is 6.93. The maximum Gasteiger partial charge on any atom is 0.107 e. The lowest BCUT2D eigenvalue weighted by molar-refractivity contribution is -0.0180. The smallest absolute Gasteiger partial charge is 0.107 e. The lowest BCUT2D eigenvalue weighted by Crippen LogP contribution is -2.31. The van der Waals surface area contributed by atoms with E-state index in [-0.39, 0.29) is 18.2 Å². The van der Waals surface area contributed by atoms with Gasteiger partial charge in [0.05, 0.1) is 6.10 Å². The molecule has 3 unspecified atom stereocenters. The number of thiophene rings is 1. The standard InChI is InChI=1S/C13H23NOS/c1-5-10(4)15-12(11(14)6-2)13-9(3)7-8-16-13/h7-8,10-12H,5-6,14H2,1-4H3. The van der Waals surface area contributed by atoms with Gasteiger partial charge in [0.25, 0.3) is 0 Å². The first-order chi connectivity index (χ1) is 7.60. The number of nitrogens with two attached hydrogens (primary N) is 1. The van der Waals surface area contributed by atoms with E-state index in [9.17, 15) is 0 Å². The SMILES string of the molecule is CCC(C)OC(c1sccc1C)C(N)CC. The van der Waals surface area contributed by atoms with E-state index in [1.54, 1.807) is 11.3 Å². The fraction of sp³-hybridized carbons (Fsp3) is 0.692. The summed E-state index contributed by atoms with van der Waals surface area (Å²) in [6.45, 7) is 8.49. The van der Waals surface area contributed by atoms with E-state index < -0.39 is 0 Å². The molecule has 1 aromatic heterocycles. The topological polar surface area (TPSA) is 35.2 Å². The van der Waals surface area contributed by atoms with Crippen LogP contribution in [0.4, 0.5) is 0 Å². The highest BCUT2D eigenvalue weighted by Gasteiger charge is 2.23. The van der Waals surface area contributed by atoms with Crippen molar-refractivity contribution in [2.75, 3.05) is 0 Å². The Bertz CT molecular complexity index is 311. The predicted octanol–water partition coefficient (Wildman–Crippen LogP) is 3.65. The molecule has 0 saturated carbocycles. The van der Waals surface area contributed by atoms with Gasteiger partial charge in [-0.1, -0.05) is 13.8 Å². The highest BCUT2D eigenvalue weighted by atomic mass is 32.1. The molecule has 2 nitrogen and oxygen atoms in total. The van der Waals surface area contributed by atoms with Gasteiger partial charge in [-0.3, -0.25) is 0 Å². The van der Waals surface area contributed by atoms with Crippen molar-refractivity contribution in [3.8, 4) is 0 Å². The third kappa shape index (κ3) is 3.30. The van der Waals surface area contributed by atoms with Crippen molar-refractivity contribution in [1.82, 2.24) is 0 Å². The quantitative estimate of drug-likeness (QED) is 0.825. The summed E-state index contributed by atoms with van der Waals surface area (Å²) in [6, 6.07) is 2.22. The number of rotatable bonds is 6. The summed E-state index contributed by atoms with van der Waals surface area (Å²) in [5, 5.41) is 2.11. The van der Waals surface area contributed by atoms with Crippen molar-refractivity contribution in [2.45, 2.75) is 58.8 Å². The molecule has 1 aromatic rings. The molecule has 0 aliphatic carbocycles. The Morgan fingerprint density at radius 1 is 1.38 bits per heavy atom. The molecule has 0 amide bonds. The molecular weight excluding hydrogens is 218 g/mol. The second kappa shape index (κ2) is 6.38.